The lowest BCUT2D eigenvalue weighted by Crippen LogP contribution is -2.29. The van der Waals surface area contributed by atoms with Gasteiger partial charge in [0.1, 0.15) is 5.56 Å². The molecule has 0 radical (unpaired) electrons. The number of aromatic amines is 1. The van der Waals surface area contributed by atoms with Gasteiger partial charge in [0, 0.05) is 29.3 Å². The smallest absolute Gasteiger partial charge is 0.261 e. The van der Waals surface area contributed by atoms with Crippen LogP contribution < -0.4 is 10.9 Å². The van der Waals surface area contributed by atoms with Gasteiger partial charge in [-0.3, -0.25) is 19.4 Å². The number of aromatic nitrogens is 2. The number of H-pyrrole nitrogens is 1. The van der Waals surface area contributed by atoms with Crippen molar-refractivity contribution in [3.8, 4) is 0 Å². The number of carbonyl (C=O) groups excluding carboxylic acids is 2. The molecule has 0 aliphatic heterocycles. The predicted molar refractivity (Wildman–Crippen MR) is 98.6 cm³/mol. The van der Waals surface area contributed by atoms with E-state index in [-0.39, 0.29) is 17.3 Å². The van der Waals surface area contributed by atoms with E-state index < -0.39 is 11.5 Å². The largest absolute Gasteiger partial charge is 0.325 e. The second-order valence-corrected chi connectivity index (χ2v) is 6.67. The molecule has 0 saturated carbocycles. The summed E-state index contributed by atoms with van der Waals surface area (Å²) >= 11 is 0. The number of nitrogens with zero attached hydrogens (tertiary/aromatic N) is 1. The zero-order valence-electron chi connectivity index (χ0n) is 14.2. The van der Waals surface area contributed by atoms with Crippen LogP contribution in [-0.2, 0) is 6.42 Å². The summed E-state index contributed by atoms with van der Waals surface area (Å²) in [7, 11) is 0. The van der Waals surface area contributed by atoms with Crippen molar-refractivity contribution < 1.29 is 9.59 Å². The van der Waals surface area contributed by atoms with Gasteiger partial charge in [0.15, 0.2) is 5.78 Å². The maximum Gasteiger partial charge on any atom is 0.261 e. The van der Waals surface area contributed by atoms with E-state index in [0.29, 0.717) is 29.8 Å². The first-order valence-electron chi connectivity index (χ1n) is 8.47. The third kappa shape index (κ3) is 2.79. The molecular weight excluding hydrogens is 330 g/mol. The van der Waals surface area contributed by atoms with Crippen LogP contribution in [0.5, 0.6) is 0 Å². The van der Waals surface area contributed by atoms with Crippen LogP contribution in [0, 0.1) is 5.92 Å². The summed E-state index contributed by atoms with van der Waals surface area (Å²) in [5.74, 6) is -0.399. The molecule has 0 spiro atoms. The third-order valence-electron chi connectivity index (χ3n) is 4.65. The van der Waals surface area contributed by atoms with Gasteiger partial charge in [0.2, 0.25) is 0 Å². The molecule has 1 amide bonds. The Morgan fingerprint density at radius 1 is 1.19 bits per heavy atom. The van der Waals surface area contributed by atoms with Gasteiger partial charge in [0.05, 0.1) is 11.2 Å². The second kappa shape index (κ2) is 6.22. The molecule has 1 atom stereocenters. The summed E-state index contributed by atoms with van der Waals surface area (Å²) in [4.78, 5) is 44.2. The maximum atomic E-state index is 12.7. The SMILES string of the molecule is C[C@H]1CC(=O)c2cc(C(=O)Nc3cccc4ncccc34)c(=O)[nH]c2C1. The van der Waals surface area contributed by atoms with Gasteiger partial charge < -0.3 is 10.3 Å². The highest BCUT2D eigenvalue weighted by Gasteiger charge is 2.25. The molecule has 1 aliphatic rings. The summed E-state index contributed by atoms with van der Waals surface area (Å²) in [6.45, 7) is 1.97. The van der Waals surface area contributed by atoms with Crippen molar-refractivity contribution in [1.29, 1.82) is 0 Å². The molecule has 1 aliphatic carbocycles. The fraction of sp³-hybridized carbons (Fsp3) is 0.200. The zero-order chi connectivity index (χ0) is 18.3. The van der Waals surface area contributed by atoms with Crippen molar-refractivity contribution >= 4 is 28.3 Å². The molecule has 26 heavy (non-hydrogen) atoms. The molecule has 3 aromatic rings. The Bertz CT molecular complexity index is 1100. The molecule has 1 aromatic carbocycles. The lowest BCUT2D eigenvalue weighted by Gasteiger charge is -2.20. The number of ketones is 1. The van der Waals surface area contributed by atoms with Crippen molar-refractivity contribution in [3.63, 3.8) is 0 Å². The van der Waals surface area contributed by atoms with E-state index in [2.05, 4.69) is 15.3 Å². The minimum atomic E-state index is -0.545. The average molecular weight is 347 g/mol. The van der Waals surface area contributed by atoms with Gasteiger partial charge in [-0.2, -0.15) is 0 Å². The van der Waals surface area contributed by atoms with Gasteiger partial charge in [-0.25, -0.2) is 0 Å². The highest BCUT2D eigenvalue weighted by Crippen LogP contribution is 2.24. The van der Waals surface area contributed by atoms with Gasteiger partial charge in [-0.15, -0.1) is 0 Å². The van der Waals surface area contributed by atoms with E-state index in [1.807, 2.05) is 19.1 Å². The quantitative estimate of drug-likeness (QED) is 0.745. The second-order valence-electron chi connectivity index (χ2n) is 6.67. The Labute approximate surface area is 149 Å². The molecule has 130 valence electrons. The van der Waals surface area contributed by atoms with Gasteiger partial charge >= 0.3 is 0 Å². The van der Waals surface area contributed by atoms with Crippen LogP contribution in [0.2, 0.25) is 0 Å². The molecular formula is C20H17N3O3. The highest BCUT2D eigenvalue weighted by molar-refractivity contribution is 6.09. The summed E-state index contributed by atoms with van der Waals surface area (Å²) in [6, 6.07) is 10.4. The molecule has 0 unspecified atom stereocenters. The lowest BCUT2D eigenvalue weighted by atomic mass is 9.86. The van der Waals surface area contributed by atoms with E-state index in [1.54, 1.807) is 24.4 Å². The predicted octanol–water partition coefficient (Wildman–Crippen LogP) is 2.94. The summed E-state index contributed by atoms with van der Waals surface area (Å²) in [5, 5.41) is 3.54. The van der Waals surface area contributed by atoms with Crippen LogP contribution in [0.15, 0.2) is 47.4 Å². The Morgan fingerprint density at radius 3 is 2.88 bits per heavy atom. The monoisotopic (exact) mass is 347 g/mol. The van der Waals surface area contributed by atoms with E-state index in [0.717, 1.165) is 10.9 Å². The normalized spacial score (nSPS) is 16.3. The van der Waals surface area contributed by atoms with Crippen molar-refractivity contribution in [2.24, 2.45) is 5.92 Å². The number of Topliss-reactive ketones (excluding diaryl/α,β-unsaturated/α-hetero) is 1. The van der Waals surface area contributed by atoms with Crippen LogP contribution in [0.1, 0.15) is 39.8 Å². The molecule has 6 nitrogen and oxygen atoms in total. The minimum Gasteiger partial charge on any atom is -0.325 e. The van der Waals surface area contributed by atoms with Crippen LogP contribution in [0.3, 0.4) is 0 Å². The van der Waals surface area contributed by atoms with Gasteiger partial charge in [0.25, 0.3) is 11.5 Å². The molecule has 0 fully saturated rings. The molecule has 0 saturated heterocycles. The average Bonchev–Trinajstić information content (AvgIpc) is 2.61. The van der Waals surface area contributed by atoms with E-state index in [9.17, 15) is 14.4 Å². The Balaban J connectivity index is 1.72. The standard InChI is InChI=1S/C20H17N3O3/c1-11-8-17-13(18(24)9-11)10-14(20(26)23-17)19(25)22-16-6-2-5-15-12(16)4-3-7-21-15/h2-7,10-11H,8-9H2,1H3,(H,22,25)(H,23,26)/t11-/m1/s1. The molecule has 2 N–H and O–H groups in total. The fourth-order valence-corrected chi connectivity index (χ4v) is 3.40. The first kappa shape index (κ1) is 16.2. The van der Waals surface area contributed by atoms with Crippen molar-refractivity contribution in [1.82, 2.24) is 9.97 Å². The number of hydrogen-bond donors (Lipinski definition) is 2. The van der Waals surface area contributed by atoms with Crippen LogP contribution in [0.4, 0.5) is 5.69 Å². The third-order valence-corrected chi connectivity index (χ3v) is 4.65. The highest BCUT2D eigenvalue weighted by atomic mass is 16.2. The summed E-state index contributed by atoms with van der Waals surface area (Å²) < 4.78 is 0. The topological polar surface area (TPSA) is 91.9 Å². The number of nitrogens with one attached hydrogen (secondary N) is 2. The number of carbonyl (C=O) groups is 2. The first-order valence-corrected chi connectivity index (χ1v) is 8.47. The van der Waals surface area contributed by atoms with E-state index >= 15 is 0 Å². The van der Waals surface area contributed by atoms with E-state index in [1.165, 1.54) is 6.07 Å². The van der Waals surface area contributed by atoms with Gasteiger partial charge in [-0.1, -0.05) is 13.0 Å². The Kier molecular flexibility index (Phi) is 3.88. The molecule has 4 rings (SSSR count). The molecule has 2 heterocycles. The molecule has 2 aromatic heterocycles. The van der Waals surface area contributed by atoms with Crippen LogP contribution in [0.25, 0.3) is 10.9 Å². The van der Waals surface area contributed by atoms with E-state index in [4.69, 9.17) is 0 Å². The molecule has 0 bridgehead atoms. The number of amides is 1. The Morgan fingerprint density at radius 2 is 2.04 bits per heavy atom. The van der Waals surface area contributed by atoms with Crippen molar-refractivity contribution in [3.05, 3.63) is 69.8 Å². The van der Waals surface area contributed by atoms with Gasteiger partial charge in [-0.05, 0) is 42.7 Å². The maximum absolute atomic E-state index is 12.7. The van der Waals surface area contributed by atoms with Crippen LogP contribution in [-0.4, -0.2) is 21.7 Å². The van der Waals surface area contributed by atoms with Crippen LogP contribution >= 0.6 is 0 Å². The summed E-state index contributed by atoms with van der Waals surface area (Å²) in [5.41, 5.74) is 1.82. The zero-order valence-corrected chi connectivity index (χ0v) is 14.2. The number of anilines is 1. The number of hydrogen-bond acceptors (Lipinski definition) is 4. The number of benzene rings is 1. The fourth-order valence-electron chi connectivity index (χ4n) is 3.40. The minimum absolute atomic E-state index is 0.0431. The molecule has 6 heteroatoms. The number of rotatable bonds is 2. The number of pyridine rings is 2. The van der Waals surface area contributed by atoms with Crippen molar-refractivity contribution in [2.75, 3.05) is 5.32 Å². The van der Waals surface area contributed by atoms with Crippen molar-refractivity contribution in [2.45, 2.75) is 19.8 Å². The lowest BCUT2D eigenvalue weighted by molar-refractivity contribution is 0.0952. The summed E-state index contributed by atoms with van der Waals surface area (Å²) in [6.07, 6.45) is 2.73. The number of fused-ring (bicyclic) bond motifs is 2. The first-order chi connectivity index (χ1) is 12.5. The Hall–Kier alpha value is -3.28.